The van der Waals surface area contributed by atoms with Crippen LogP contribution < -0.4 is 5.73 Å². The van der Waals surface area contributed by atoms with Crippen molar-refractivity contribution in [3.05, 3.63) is 0 Å². The molecule has 1 unspecified atom stereocenters. The number of likely N-dealkylation sites (N-methyl/N-ethyl adjacent to an activating group) is 1. The summed E-state index contributed by atoms with van der Waals surface area (Å²) < 4.78 is 0. The van der Waals surface area contributed by atoms with Gasteiger partial charge in [-0.2, -0.15) is 5.26 Å². The molecule has 1 fully saturated rings. The molecule has 1 aliphatic heterocycles. The second-order valence-electron chi connectivity index (χ2n) is 4.83. The molecule has 2 N–H and O–H groups in total. The molecule has 1 atom stereocenters. The van der Waals surface area contributed by atoms with E-state index in [1.54, 1.807) is 11.9 Å². The number of carbonyl (C=O) groups is 1. The summed E-state index contributed by atoms with van der Waals surface area (Å²) in [5, 5.41) is 8.61. The first-order chi connectivity index (χ1) is 8.04. The number of rotatable bonds is 4. The second kappa shape index (κ2) is 6.58. The van der Waals surface area contributed by atoms with E-state index in [-0.39, 0.29) is 18.0 Å². The lowest BCUT2D eigenvalue weighted by Gasteiger charge is -2.32. The summed E-state index contributed by atoms with van der Waals surface area (Å²) in [6.07, 6.45) is 2.31. The first-order valence-electron chi connectivity index (χ1n) is 6.15. The Hall–Kier alpha value is -1.12. The zero-order valence-corrected chi connectivity index (χ0v) is 10.7. The number of hydrogen-bond donors (Lipinski definition) is 1. The fourth-order valence-electron chi connectivity index (χ4n) is 1.93. The van der Waals surface area contributed by atoms with Crippen molar-refractivity contribution < 1.29 is 4.79 Å². The predicted molar refractivity (Wildman–Crippen MR) is 66.1 cm³/mol. The number of likely N-dealkylation sites (tertiary alicyclic amines) is 1. The van der Waals surface area contributed by atoms with Gasteiger partial charge >= 0.3 is 0 Å². The van der Waals surface area contributed by atoms with Gasteiger partial charge in [0.25, 0.3) is 0 Å². The van der Waals surface area contributed by atoms with Crippen molar-refractivity contribution in [3.63, 3.8) is 0 Å². The van der Waals surface area contributed by atoms with Gasteiger partial charge in [0.2, 0.25) is 5.91 Å². The third kappa shape index (κ3) is 4.33. The number of carbonyl (C=O) groups excluding carboxylic acids is 1. The van der Waals surface area contributed by atoms with Crippen molar-refractivity contribution in [2.24, 2.45) is 5.73 Å². The molecule has 0 bridgehead atoms. The van der Waals surface area contributed by atoms with Gasteiger partial charge in [0.05, 0.1) is 19.0 Å². The molecule has 0 aromatic heterocycles. The van der Waals surface area contributed by atoms with Gasteiger partial charge in [-0.05, 0) is 19.8 Å². The van der Waals surface area contributed by atoms with E-state index in [1.807, 2.05) is 6.92 Å². The van der Waals surface area contributed by atoms with Crippen molar-refractivity contribution >= 4 is 5.91 Å². The second-order valence-corrected chi connectivity index (χ2v) is 4.83. The Morgan fingerprint density at radius 2 is 2.18 bits per heavy atom. The minimum absolute atomic E-state index is 0.0143. The monoisotopic (exact) mass is 238 g/mol. The summed E-state index contributed by atoms with van der Waals surface area (Å²) in [6, 6.07) is 2.36. The van der Waals surface area contributed by atoms with E-state index in [0.717, 1.165) is 25.9 Å². The third-order valence-electron chi connectivity index (χ3n) is 3.43. The zero-order chi connectivity index (χ0) is 12.8. The van der Waals surface area contributed by atoms with Gasteiger partial charge in [0.15, 0.2) is 0 Å². The van der Waals surface area contributed by atoms with Gasteiger partial charge in [-0.3, -0.25) is 9.69 Å². The van der Waals surface area contributed by atoms with Crippen LogP contribution in [0.15, 0.2) is 0 Å². The average molecular weight is 238 g/mol. The quantitative estimate of drug-likeness (QED) is 0.757. The Bertz CT molecular complexity index is 291. The van der Waals surface area contributed by atoms with Crippen molar-refractivity contribution in [1.29, 1.82) is 5.26 Å². The largest absolute Gasteiger partial charge is 0.341 e. The van der Waals surface area contributed by atoms with Crippen LogP contribution in [-0.4, -0.2) is 54.5 Å². The number of nitrogens with two attached hydrogens (primary N) is 1. The van der Waals surface area contributed by atoms with Crippen LogP contribution in [-0.2, 0) is 4.79 Å². The first-order valence-corrected chi connectivity index (χ1v) is 6.15. The minimum Gasteiger partial charge on any atom is -0.341 e. The predicted octanol–water partition coefficient (Wildman–Crippen LogP) is 0.170. The third-order valence-corrected chi connectivity index (χ3v) is 3.43. The summed E-state index contributed by atoms with van der Waals surface area (Å²) in [5.41, 5.74) is 5.82. The highest BCUT2D eigenvalue weighted by atomic mass is 16.2. The van der Waals surface area contributed by atoms with Crippen molar-refractivity contribution in [2.75, 3.05) is 26.7 Å². The topological polar surface area (TPSA) is 73.4 Å². The highest BCUT2D eigenvalue weighted by molar-refractivity contribution is 5.78. The molecule has 1 rings (SSSR count). The fourth-order valence-corrected chi connectivity index (χ4v) is 1.93. The SMILES string of the molecule is CC(CC#N)N(C)C(=O)CN1CCC(N)CC1. The summed E-state index contributed by atoms with van der Waals surface area (Å²) in [5.74, 6) is 0.0863. The molecule has 96 valence electrons. The molecule has 0 spiro atoms. The standard InChI is InChI=1S/C12H22N4O/c1-10(3-6-13)15(2)12(17)9-16-7-4-11(14)5-8-16/h10-11H,3-5,7-9,14H2,1-2H3. The van der Waals surface area contributed by atoms with E-state index in [9.17, 15) is 4.79 Å². The molecule has 0 aromatic carbocycles. The van der Waals surface area contributed by atoms with Crippen LogP contribution in [0.2, 0.25) is 0 Å². The molecular formula is C12H22N4O. The van der Waals surface area contributed by atoms with E-state index in [2.05, 4.69) is 11.0 Å². The molecule has 17 heavy (non-hydrogen) atoms. The number of piperidine rings is 1. The molecule has 1 saturated heterocycles. The highest BCUT2D eigenvalue weighted by Gasteiger charge is 2.21. The molecule has 1 aliphatic rings. The summed E-state index contributed by atoms with van der Waals surface area (Å²) in [6.45, 7) is 4.13. The Morgan fingerprint density at radius 1 is 1.59 bits per heavy atom. The van der Waals surface area contributed by atoms with Crippen LogP contribution in [0.25, 0.3) is 0 Å². The summed E-state index contributed by atoms with van der Waals surface area (Å²) >= 11 is 0. The molecule has 5 nitrogen and oxygen atoms in total. The normalized spacial score (nSPS) is 19.6. The van der Waals surface area contributed by atoms with Gasteiger partial charge in [-0.1, -0.05) is 0 Å². The number of amides is 1. The van der Waals surface area contributed by atoms with Crippen LogP contribution in [0.5, 0.6) is 0 Å². The summed E-state index contributed by atoms with van der Waals surface area (Å²) in [7, 11) is 1.76. The van der Waals surface area contributed by atoms with Crippen LogP contribution in [0.1, 0.15) is 26.2 Å². The minimum atomic E-state index is -0.0143. The van der Waals surface area contributed by atoms with Gasteiger partial charge in [0.1, 0.15) is 0 Å². The highest BCUT2D eigenvalue weighted by Crippen LogP contribution is 2.09. The van der Waals surface area contributed by atoms with Crippen LogP contribution >= 0.6 is 0 Å². The van der Waals surface area contributed by atoms with Crippen LogP contribution in [0.3, 0.4) is 0 Å². The Labute approximate surface area is 103 Å². The first kappa shape index (κ1) is 13.9. The lowest BCUT2D eigenvalue weighted by molar-refractivity contribution is -0.133. The Balaban J connectivity index is 2.36. The molecule has 0 aromatic rings. The van der Waals surface area contributed by atoms with E-state index in [0.29, 0.717) is 13.0 Å². The number of hydrogen-bond acceptors (Lipinski definition) is 4. The Kier molecular flexibility index (Phi) is 5.39. The molecule has 0 radical (unpaired) electrons. The van der Waals surface area contributed by atoms with Gasteiger partial charge in [-0.25, -0.2) is 0 Å². The van der Waals surface area contributed by atoms with E-state index >= 15 is 0 Å². The molecule has 1 amide bonds. The molecule has 1 heterocycles. The van der Waals surface area contributed by atoms with E-state index in [1.165, 1.54) is 0 Å². The van der Waals surface area contributed by atoms with Gasteiger partial charge in [0, 0.05) is 32.2 Å². The smallest absolute Gasteiger partial charge is 0.236 e. The molecular weight excluding hydrogens is 216 g/mol. The number of nitriles is 1. The van der Waals surface area contributed by atoms with Crippen LogP contribution in [0.4, 0.5) is 0 Å². The lowest BCUT2D eigenvalue weighted by atomic mass is 10.1. The van der Waals surface area contributed by atoms with Crippen molar-refractivity contribution in [1.82, 2.24) is 9.80 Å². The van der Waals surface area contributed by atoms with Gasteiger partial charge < -0.3 is 10.6 Å². The molecule has 0 saturated carbocycles. The Morgan fingerprint density at radius 3 is 2.71 bits per heavy atom. The molecule has 0 aliphatic carbocycles. The van der Waals surface area contributed by atoms with Crippen molar-refractivity contribution in [2.45, 2.75) is 38.3 Å². The maximum atomic E-state index is 12.0. The van der Waals surface area contributed by atoms with E-state index < -0.39 is 0 Å². The average Bonchev–Trinajstić information content (AvgIpc) is 2.31. The molecule has 5 heteroatoms. The summed E-state index contributed by atoms with van der Waals surface area (Å²) in [4.78, 5) is 15.8. The van der Waals surface area contributed by atoms with Crippen LogP contribution in [0, 0.1) is 11.3 Å². The maximum Gasteiger partial charge on any atom is 0.236 e. The fraction of sp³-hybridized carbons (Fsp3) is 0.833. The lowest BCUT2D eigenvalue weighted by Crippen LogP contribution is -2.46. The zero-order valence-electron chi connectivity index (χ0n) is 10.7. The number of nitrogens with zero attached hydrogens (tertiary/aromatic N) is 3. The maximum absolute atomic E-state index is 12.0. The van der Waals surface area contributed by atoms with Gasteiger partial charge in [-0.15, -0.1) is 0 Å². The van der Waals surface area contributed by atoms with Crippen molar-refractivity contribution in [3.8, 4) is 6.07 Å². The van der Waals surface area contributed by atoms with E-state index in [4.69, 9.17) is 11.0 Å².